The van der Waals surface area contributed by atoms with Crippen LogP contribution in [0.2, 0.25) is 5.02 Å². The van der Waals surface area contributed by atoms with Crippen molar-refractivity contribution in [1.29, 1.82) is 0 Å². The van der Waals surface area contributed by atoms with Crippen molar-refractivity contribution in [2.75, 3.05) is 16.0 Å². The summed E-state index contributed by atoms with van der Waals surface area (Å²) in [6, 6.07) is 8.59. The largest absolute Gasteiger partial charge is 0.417 e. The molecular weight excluding hydrogens is 473 g/mol. The van der Waals surface area contributed by atoms with Crippen LogP contribution in [0.3, 0.4) is 0 Å². The first-order chi connectivity index (χ1) is 16.1. The first-order valence-electron chi connectivity index (χ1n) is 9.76. The average Bonchev–Trinajstić information content (AvgIpc) is 3.23. The third kappa shape index (κ3) is 5.09. The van der Waals surface area contributed by atoms with E-state index in [1.807, 2.05) is 0 Å². The number of aryl methyl sites for hydroxylation is 1. The molecule has 0 aliphatic rings. The Morgan fingerprint density at radius 2 is 1.65 bits per heavy atom. The molecule has 0 saturated heterocycles. The number of H-pyrrole nitrogens is 1. The summed E-state index contributed by atoms with van der Waals surface area (Å²) in [5.41, 5.74) is 1.07. The Labute approximate surface area is 195 Å². The molecule has 2 aromatic heterocycles. The van der Waals surface area contributed by atoms with Crippen LogP contribution in [-0.2, 0) is 6.18 Å². The lowest BCUT2D eigenvalue weighted by Crippen LogP contribution is -2.21. The third-order valence-corrected chi connectivity index (χ3v) is 5.15. The number of aromatic nitrogens is 3. The van der Waals surface area contributed by atoms with Crippen LogP contribution >= 0.6 is 11.6 Å². The van der Waals surface area contributed by atoms with E-state index in [9.17, 15) is 22.8 Å². The van der Waals surface area contributed by atoms with E-state index in [1.165, 1.54) is 18.3 Å². The Morgan fingerprint density at radius 3 is 2.38 bits per heavy atom. The smallest absolute Gasteiger partial charge is 0.321 e. The number of hydrogen-bond acceptors (Lipinski definition) is 4. The van der Waals surface area contributed by atoms with E-state index in [-0.39, 0.29) is 16.9 Å². The summed E-state index contributed by atoms with van der Waals surface area (Å²) >= 11 is 5.60. The van der Waals surface area contributed by atoms with Gasteiger partial charge in [0.05, 0.1) is 28.7 Å². The van der Waals surface area contributed by atoms with Gasteiger partial charge in [-0.05, 0) is 48.9 Å². The molecular formula is C22H16ClF3N6O2. The third-order valence-electron chi connectivity index (χ3n) is 4.82. The van der Waals surface area contributed by atoms with Gasteiger partial charge in [-0.3, -0.25) is 9.89 Å². The summed E-state index contributed by atoms with van der Waals surface area (Å²) in [6.07, 6.45) is -1.61. The Kier molecular flexibility index (Phi) is 6.12. The van der Waals surface area contributed by atoms with Crippen LogP contribution in [0.5, 0.6) is 0 Å². The molecule has 0 saturated carbocycles. The van der Waals surface area contributed by atoms with Gasteiger partial charge in [-0.2, -0.15) is 18.3 Å². The Bertz CT molecular complexity index is 1400. The highest BCUT2D eigenvalue weighted by Gasteiger charge is 2.33. The summed E-state index contributed by atoms with van der Waals surface area (Å²) in [5.74, 6) is -0.432. The standard InChI is InChI=1S/C22H16ClF3N6O2/c1-11-2-3-13(30-21(34)31-14-4-5-18(23)17(8-14)22(24,25)26)7-16(11)20(33)29-15-6-12-9-28-32-19(12)27-10-15/h2-10H,1H3,(H,29,33)(H,27,28,32)(H2,30,31,34). The van der Waals surface area contributed by atoms with Crippen LogP contribution < -0.4 is 16.0 Å². The zero-order chi connectivity index (χ0) is 24.5. The number of nitrogens with one attached hydrogen (secondary N) is 4. The van der Waals surface area contributed by atoms with Crippen molar-refractivity contribution in [1.82, 2.24) is 15.2 Å². The Morgan fingerprint density at radius 1 is 0.941 bits per heavy atom. The summed E-state index contributed by atoms with van der Waals surface area (Å²) in [6.45, 7) is 1.72. The van der Waals surface area contributed by atoms with E-state index in [1.54, 1.807) is 31.3 Å². The molecule has 2 heterocycles. The second-order valence-corrected chi connectivity index (χ2v) is 7.69. The van der Waals surface area contributed by atoms with Crippen molar-refractivity contribution in [3.63, 3.8) is 0 Å². The molecule has 0 aliphatic heterocycles. The normalized spacial score (nSPS) is 11.3. The van der Waals surface area contributed by atoms with Gasteiger partial charge in [-0.25, -0.2) is 9.78 Å². The number of nitrogens with zero attached hydrogens (tertiary/aromatic N) is 2. The lowest BCUT2D eigenvalue weighted by atomic mass is 10.1. The molecule has 0 atom stereocenters. The Hall–Kier alpha value is -4.12. The first-order valence-corrected chi connectivity index (χ1v) is 10.1. The van der Waals surface area contributed by atoms with Gasteiger partial charge in [0.1, 0.15) is 0 Å². The van der Waals surface area contributed by atoms with E-state index in [0.29, 0.717) is 16.9 Å². The number of aromatic amines is 1. The van der Waals surface area contributed by atoms with E-state index in [2.05, 4.69) is 31.1 Å². The minimum Gasteiger partial charge on any atom is -0.321 e. The van der Waals surface area contributed by atoms with Crippen LogP contribution in [0.25, 0.3) is 11.0 Å². The number of urea groups is 1. The molecule has 8 nitrogen and oxygen atoms in total. The van der Waals surface area contributed by atoms with Crippen molar-refractivity contribution in [3.8, 4) is 0 Å². The minimum absolute atomic E-state index is 0.0959. The first kappa shape index (κ1) is 23.1. The highest BCUT2D eigenvalue weighted by atomic mass is 35.5. The number of alkyl halides is 3. The fourth-order valence-electron chi connectivity index (χ4n) is 3.16. The van der Waals surface area contributed by atoms with Crippen molar-refractivity contribution < 1.29 is 22.8 Å². The van der Waals surface area contributed by atoms with E-state index in [4.69, 9.17) is 11.6 Å². The van der Waals surface area contributed by atoms with Gasteiger partial charge in [0.15, 0.2) is 5.65 Å². The Balaban J connectivity index is 1.47. The van der Waals surface area contributed by atoms with E-state index >= 15 is 0 Å². The molecule has 0 aliphatic carbocycles. The highest BCUT2D eigenvalue weighted by Crippen LogP contribution is 2.36. The maximum absolute atomic E-state index is 13.0. The van der Waals surface area contributed by atoms with Gasteiger partial charge in [-0.1, -0.05) is 17.7 Å². The second-order valence-electron chi connectivity index (χ2n) is 7.29. The molecule has 4 aromatic rings. The molecule has 174 valence electrons. The molecule has 0 unspecified atom stereocenters. The lowest BCUT2D eigenvalue weighted by molar-refractivity contribution is -0.137. The lowest BCUT2D eigenvalue weighted by Gasteiger charge is -2.13. The number of carbonyl (C=O) groups excluding carboxylic acids is 2. The number of fused-ring (bicyclic) bond motifs is 1. The average molecular weight is 489 g/mol. The number of pyridine rings is 1. The van der Waals surface area contributed by atoms with Crippen molar-refractivity contribution in [3.05, 3.63) is 76.6 Å². The SMILES string of the molecule is Cc1ccc(NC(=O)Nc2ccc(Cl)c(C(F)(F)F)c2)cc1C(=O)Nc1cnc2[nH]ncc2c1. The molecule has 34 heavy (non-hydrogen) atoms. The molecule has 2 aromatic carbocycles. The molecule has 4 N–H and O–H groups in total. The highest BCUT2D eigenvalue weighted by molar-refractivity contribution is 6.31. The molecule has 0 fully saturated rings. The van der Waals surface area contributed by atoms with E-state index < -0.39 is 28.7 Å². The van der Waals surface area contributed by atoms with Crippen LogP contribution in [-0.4, -0.2) is 27.1 Å². The van der Waals surface area contributed by atoms with Gasteiger partial charge in [0.2, 0.25) is 0 Å². The number of amides is 3. The van der Waals surface area contributed by atoms with Gasteiger partial charge < -0.3 is 16.0 Å². The van der Waals surface area contributed by atoms with Crippen LogP contribution in [0.1, 0.15) is 21.5 Å². The molecule has 0 bridgehead atoms. The monoisotopic (exact) mass is 488 g/mol. The van der Waals surface area contributed by atoms with Crippen molar-refractivity contribution in [2.45, 2.75) is 13.1 Å². The van der Waals surface area contributed by atoms with Crippen LogP contribution in [0, 0.1) is 6.92 Å². The summed E-state index contributed by atoms with van der Waals surface area (Å²) < 4.78 is 39.1. The number of hydrogen-bond donors (Lipinski definition) is 4. The predicted octanol–water partition coefficient (Wildman–Crippen LogP) is 5.83. The number of halogens is 4. The predicted molar refractivity (Wildman–Crippen MR) is 122 cm³/mol. The van der Waals surface area contributed by atoms with Gasteiger partial charge in [0, 0.05) is 22.3 Å². The summed E-state index contributed by atoms with van der Waals surface area (Å²) in [7, 11) is 0. The maximum Gasteiger partial charge on any atom is 0.417 e. The number of carbonyl (C=O) groups is 2. The zero-order valence-corrected chi connectivity index (χ0v) is 18.2. The zero-order valence-electron chi connectivity index (χ0n) is 17.4. The topological polar surface area (TPSA) is 112 Å². The van der Waals surface area contributed by atoms with Crippen LogP contribution in [0.15, 0.2) is 54.9 Å². The number of rotatable bonds is 4. The second kappa shape index (κ2) is 9.02. The van der Waals surface area contributed by atoms with Crippen molar-refractivity contribution >= 4 is 51.6 Å². The van der Waals surface area contributed by atoms with Gasteiger partial charge in [0.25, 0.3) is 5.91 Å². The molecule has 0 radical (unpaired) electrons. The fourth-order valence-corrected chi connectivity index (χ4v) is 3.39. The van der Waals surface area contributed by atoms with Gasteiger partial charge in [-0.15, -0.1) is 0 Å². The van der Waals surface area contributed by atoms with Gasteiger partial charge >= 0.3 is 12.2 Å². The number of anilines is 3. The molecule has 3 amide bonds. The van der Waals surface area contributed by atoms with Crippen molar-refractivity contribution in [2.24, 2.45) is 0 Å². The number of benzene rings is 2. The minimum atomic E-state index is -4.66. The molecule has 4 rings (SSSR count). The molecule has 0 spiro atoms. The van der Waals surface area contributed by atoms with E-state index in [0.717, 1.165) is 17.5 Å². The van der Waals surface area contributed by atoms with Crippen LogP contribution in [0.4, 0.5) is 35.0 Å². The summed E-state index contributed by atoms with van der Waals surface area (Å²) in [5, 5.41) is 14.4. The maximum atomic E-state index is 13.0. The summed E-state index contributed by atoms with van der Waals surface area (Å²) in [4.78, 5) is 29.3. The fraction of sp³-hybridized carbons (Fsp3) is 0.0909. The molecule has 12 heteroatoms. The quantitative estimate of drug-likeness (QED) is 0.289.